The van der Waals surface area contributed by atoms with Crippen molar-refractivity contribution in [1.29, 1.82) is 0 Å². The molecule has 3 aromatic carbocycles. The van der Waals surface area contributed by atoms with Crippen LogP contribution in [-0.4, -0.2) is 58.5 Å². The summed E-state index contributed by atoms with van der Waals surface area (Å²) >= 11 is 3.37. The first-order valence-electron chi connectivity index (χ1n) is 14.0. The van der Waals surface area contributed by atoms with Gasteiger partial charge in [-0.05, 0) is 83.2 Å². The van der Waals surface area contributed by atoms with Crippen molar-refractivity contribution >= 4 is 43.5 Å². The number of aryl methyl sites for hydroxylation is 1. The molecule has 0 aliphatic heterocycles. The number of rotatable bonds is 14. The van der Waals surface area contributed by atoms with Crippen molar-refractivity contribution in [3.63, 3.8) is 0 Å². The molecule has 0 saturated heterocycles. The summed E-state index contributed by atoms with van der Waals surface area (Å²) in [4.78, 5) is 29.0. The van der Waals surface area contributed by atoms with Crippen LogP contribution in [0.5, 0.6) is 11.5 Å². The Morgan fingerprint density at radius 3 is 2.14 bits per heavy atom. The van der Waals surface area contributed by atoms with Crippen LogP contribution in [0.15, 0.2) is 76.1 Å². The van der Waals surface area contributed by atoms with Gasteiger partial charge in [-0.25, -0.2) is 8.42 Å². The maximum absolute atomic E-state index is 14.2. The smallest absolute Gasteiger partial charge is 0.264 e. The van der Waals surface area contributed by atoms with E-state index in [-0.39, 0.29) is 23.3 Å². The number of sulfonamides is 1. The van der Waals surface area contributed by atoms with E-state index in [0.29, 0.717) is 34.6 Å². The molecule has 0 unspecified atom stereocenters. The Hall–Kier alpha value is -3.57. The number of ether oxygens (including phenoxy) is 2. The van der Waals surface area contributed by atoms with E-state index in [4.69, 9.17) is 9.47 Å². The van der Waals surface area contributed by atoms with Gasteiger partial charge in [0.05, 0.1) is 29.3 Å². The van der Waals surface area contributed by atoms with Crippen LogP contribution in [0.4, 0.5) is 5.69 Å². The van der Waals surface area contributed by atoms with Crippen molar-refractivity contribution in [2.75, 3.05) is 31.6 Å². The molecule has 2 amide bonds. The summed E-state index contributed by atoms with van der Waals surface area (Å²) in [5.41, 5.74) is 2.04. The predicted octanol–water partition coefficient (Wildman–Crippen LogP) is 5.55. The number of nitrogens with zero attached hydrogens (tertiary/aromatic N) is 2. The van der Waals surface area contributed by atoms with Crippen LogP contribution in [0, 0.1) is 12.8 Å². The molecule has 11 heteroatoms. The Morgan fingerprint density at radius 1 is 0.953 bits per heavy atom. The van der Waals surface area contributed by atoms with Gasteiger partial charge in [-0.2, -0.15) is 0 Å². The van der Waals surface area contributed by atoms with Crippen LogP contribution >= 0.6 is 15.9 Å². The fraction of sp³-hybridized carbons (Fsp3) is 0.375. The molecule has 0 bridgehead atoms. The summed E-state index contributed by atoms with van der Waals surface area (Å²) < 4.78 is 40.3. The molecule has 43 heavy (non-hydrogen) atoms. The predicted molar refractivity (Wildman–Crippen MR) is 172 cm³/mol. The molecule has 3 rings (SSSR count). The average molecular weight is 675 g/mol. The van der Waals surface area contributed by atoms with Crippen molar-refractivity contribution < 1.29 is 27.5 Å². The van der Waals surface area contributed by atoms with Crippen LogP contribution in [0.3, 0.4) is 0 Å². The molecule has 0 aromatic heterocycles. The van der Waals surface area contributed by atoms with Crippen molar-refractivity contribution in [2.45, 2.75) is 51.6 Å². The molecule has 1 N–H and O–H groups in total. The van der Waals surface area contributed by atoms with E-state index in [0.717, 1.165) is 15.4 Å². The van der Waals surface area contributed by atoms with Gasteiger partial charge in [-0.3, -0.25) is 13.9 Å². The third-order valence-corrected chi connectivity index (χ3v) is 9.28. The fourth-order valence-corrected chi connectivity index (χ4v) is 6.58. The van der Waals surface area contributed by atoms with Gasteiger partial charge in [-0.15, -0.1) is 0 Å². The van der Waals surface area contributed by atoms with Crippen molar-refractivity contribution in [3.05, 3.63) is 82.3 Å². The maximum atomic E-state index is 14.2. The lowest BCUT2D eigenvalue weighted by Crippen LogP contribution is -2.52. The number of carbonyl (C=O) groups is 2. The highest BCUT2D eigenvalue weighted by Gasteiger charge is 2.34. The first-order valence-corrected chi connectivity index (χ1v) is 16.3. The molecular weight excluding hydrogens is 634 g/mol. The van der Waals surface area contributed by atoms with E-state index in [1.165, 1.54) is 24.1 Å². The molecular formula is C32H40BrN3O6S. The summed E-state index contributed by atoms with van der Waals surface area (Å²) in [7, 11) is -1.16. The SMILES string of the molecule is CC[C@@H](C(=O)NCC(C)C)N(Cc1ccc(OC)cc1)C(=O)CN(c1ccc(C)cc1)S(=O)(=O)c1ccc(OC)c(Br)c1. The number of halogens is 1. The van der Waals surface area contributed by atoms with Gasteiger partial charge in [0.1, 0.15) is 24.1 Å². The third kappa shape index (κ3) is 8.73. The quantitative estimate of drug-likeness (QED) is 0.241. The number of nitrogens with one attached hydrogen (secondary N) is 1. The van der Waals surface area contributed by atoms with Gasteiger partial charge < -0.3 is 19.7 Å². The standard InChI is InChI=1S/C32H40BrN3O6S/c1-7-29(32(38)34-19-22(2)3)35(20-24-10-14-26(41-5)15-11-24)31(37)21-36(25-12-8-23(4)9-13-25)43(39,40)27-16-17-30(42-6)28(33)18-27/h8-18,22,29H,7,19-21H2,1-6H3,(H,34,38)/t29-/m0/s1. The van der Waals surface area contributed by atoms with Crippen LogP contribution < -0.4 is 19.1 Å². The van der Waals surface area contributed by atoms with Crippen molar-refractivity contribution in [3.8, 4) is 11.5 Å². The lowest BCUT2D eigenvalue weighted by Gasteiger charge is -2.33. The molecule has 0 heterocycles. The lowest BCUT2D eigenvalue weighted by atomic mass is 10.1. The van der Waals surface area contributed by atoms with E-state index < -0.39 is 28.5 Å². The summed E-state index contributed by atoms with van der Waals surface area (Å²) in [5.74, 6) is 0.547. The minimum Gasteiger partial charge on any atom is -0.497 e. The van der Waals surface area contributed by atoms with Gasteiger partial charge in [0, 0.05) is 13.1 Å². The molecule has 9 nitrogen and oxygen atoms in total. The van der Waals surface area contributed by atoms with Gasteiger partial charge in [0.25, 0.3) is 10.0 Å². The summed E-state index contributed by atoms with van der Waals surface area (Å²) in [5, 5.41) is 2.94. The van der Waals surface area contributed by atoms with E-state index in [1.807, 2.05) is 39.8 Å². The highest BCUT2D eigenvalue weighted by atomic mass is 79.9. The zero-order valence-electron chi connectivity index (χ0n) is 25.5. The summed E-state index contributed by atoms with van der Waals surface area (Å²) in [6.45, 7) is 7.75. The Balaban J connectivity index is 2.06. The second-order valence-corrected chi connectivity index (χ2v) is 13.3. The van der Waals surface area contributed by atoms with E-state index in [2.05, 4.69) is 21.2 Å². The minimum atomic E-state index is -4.22. The molecule has 1 atom stereocenters. The zero-order chi connectivity index (χ0) is 31.7. The van der Waals surface area contributed by atoms with Crippen LogP contribution in [0.2, 0.25) is 0 Å². The van der Waals surface area contributed by atoms with Gasteiger partial charge in [-0.1, -0.05) is 50.6 Å². The second kappa shape index (κ2) is 15.2. The molecule has 232 valence electrons. The summed E-state index contributed by atoms with van der Waals surface area (Å²) in [6, 6.07) is 17.7. The molecule has 0 fully saturated rings. The Labute approximate surface area is 263 Å². The number of methoxy groups -OCH3 is 2. The van der Waals surface area contributed by atoms with E-state index >= 15 is 0 Å². The topological polar surface area (TPSA) is 105 Å². The van der Waals surface area contributed by atoms with Crippen LogP contribution in [0.1, 0.15) is 38.3 Å². The second-order valence-electron chi connectivity index (χ2n) is 10.6. The van der Waals surface area contributed by atoms with Crippen LogP contribution in [0.25, 0.3) is 0 Å². The molecule has 0 aliphatic rings. The largest absolute Gasteiger partial charge is 0.497 e. The monoisotopic (exact) mass is 673 g/mol. The summed E-state index contributed by atoms with van der Waals surface area (Å²) in [6.07, 6.45) is 0.342. The first-order chi connectivity index (χ1) is 20.4. The highest BCUT2D eigenvalue weighted by Crippen LogP contribution is 2.31. The normalized spacial score (nSPS) is 12.0. The maximum Gasteiger partial charge on any atom is 0.264 e. The minimum absolute atomic E-state index is 0.0167. The number of hydrogen-bond acceptors (Lipinski definition) is 6. The third-order valence-electron chi connectivity index (χ3n) is 6.89. The number of carbonyl (C=O) groups excluding carboxylic acids is 2. The molecule has 0 radical (unpaired) electrons. The zero-order valence-corrected chi connectivity index (χ0v) is 27.9. The van der Waals surface area contributed by atoms with E-state index in [9.17, 15) is 18.0 Å². The molecule has 0 spiro atoms. The van der Waals surface area contributed by atoms with Gasteiger partial charge in [0.2, 0.25) is 11.8 Å². The Bertz CT molecular complexity index is 1490. The first kappa shape index (κ1) is 33.9. The Morgan fingerprint density at radius 2 is 1.60 bits per heavy atom. The van der Waals surface area contributed by atoms with E-state index in [1.54, 1.807) is 49.6 Å². The van der Waals surface area contributed by atoms with Crippen molar-refractivity contribution in [1.82, 2.24) is 10.2 Å². The lowest BCUT2D eigenvalue weighted by molar-refractivity contribution is -0.140. The Kier molecular flexibility index (Phi) is 12.0. The van der Waals surface area contributed by atoms with Crippen molar-refractivity contribution in [2.24, 2.45) is 5.92 Å². The number of benzene rings is 3. The number of amides is 2. The number of anilines is 1. The van der Waals surface area contributed by atoms with Crippen LogP contribution in [-0.2, 0) is 26.2 Å². The average Bonchev–Trinajstić information content (AvgIpc) is 2.99. The highest BCUT2D eigenvalue weighted by molar-refractivity contribution is 9.10. The molecule has 0 saturated carbocycles. The molecule has 0 aliphatic carbocycles. The van der Waals surface area contributed by atoms with Gasteiger partial charge >= 0.3 is 0 Å². The molecule has 3 aromatic rings. The number of hydrogen-bond donors (Lipinski definition) is 1. The van der Waals surface area contributed by atoms with Gasteiger partial charge in [0.15, 0.2) is 0 Å². The fourth-order valence-electron chi connectivity index (χ4n) is 4.44.